The van der Waals surface area contributed by atoms with E-state index in [2.05, 4.69) is 5.32 Å². The van der Waals surface area contributed by atoms with Gasteiger partial charge in [0, 0.05) is 11.9 Å². The van der Waals surface area contributed by atoms with Gasteiger partial charge < -0.3 is 10.4 Å². The summed E-state index contributed by atoms with van der Waals surface area (Å²) in [5.74, 6) is -1.29. The van der Waals surface area contributed by atoms with Crippen molar-refractivity contribution in [1.82, 2.24) is 0 Å². The van der Waals surface area contributed by atoms with E-state index < -0.39 is 21.2 Å². The number of carboxylic acids is 1. The first-order chi connectivity index (χ1) is 12.0. The van der Waals surface area contributed by atoms with Crippen molar-refractivity contribution in [2.45, 2.75) is 30.6 Å². The molecule has 0 unspecified atom stereocenters. The molecule has 0 radical (unpaired) electrons. The summed E-state index contributed by atoms with van der Waals surface area (Å²) in [5, 5.41) is 11.9. The van der Waals surface area contributed by atoms with E-state index in [-0.39, 0.29) is 17.2 Å². The van der Waals surface area contributed by atoms with Crippen molar-refractivity contribution in [2.24, 2.45) is 0 Å². The van der Waals surface area contributed by atoms with Gasteiger partial charge in [-0.15, -0.1) is 0 Å². The molecule has 0 aliphatic heterocycles. The number of hydrogen-bond acceptors (Lipinski definition) is 4. The lowest BCUT2D eigenvalue weighted by Crippen LogP contribution is -2.28. The van der Waals surface area contributed by atoms with Crippen LogP contribution in [0.5, 0.6) is 0 Å². The molecule has 26 heavy (non-hydrogen) atoms. The summed E-state index contributed by atoms with van der Waals surface area (Å²) in [6, 6.07) is 12.9. The number of nitrogens with one attached hydrogen (secondary N) is 1. The molecule has 2 aromatic carbocycles. The molecule has 0 saturated carbocycles. The molecule has 1 amide bonds. The maximum atomic E-state index is 12.3. The summed E-state index contributed by atoms with van der Waals surface area (Å²) in [4.78, 5) is 23.7. The van der Waals surface area contributed by atoms with Gasteiger partial charge in [-0.25, -0.2) is 8.42 Å². The van der Waals surface area contributed by atoms with E-state index in [9.17, 15) is 23.1 Å². The highest BCUT2D eigenvalue weighted by Gasteiger charge is 2.29. The molecular formula is C19H21NO5S. The molecule has 0 atom stereocenters. The Balaban J connectivity index is 2.14. The van der Waals surface area contributed by atoms with Crippen molar-refractivity contribution < 1.29 is 23.1 Å². The summed E-state index contributed by atoms with van der Waals surface area (Å²) in [6.45, 7) is 3.20. The van der Waals surface area contributed by atoms with Crippen LogP contribution in [0.1, 0.15) is 25.0 Å². The molecule has 2 aromatic rings. The number of carbonyl (C=O) groups is 2. The number of carboxylic acid groups (broad SMARTS) is 1. The fourth-order valence-corrected chi connectivity index (χ4v) is 3.43. The van der Waals surface area contributed by atoms with Crippen LogP contribution in [0, 0.1) is 0 Å². The zero-order valence-electron chi connectivity index (χ0n) is 14.8. The quantitative estimate of drug-likeness (QED) is 0.808. The fraction of sp³-hybridized carbons (Fsp3) is 0.263. The summed E-state index contributed by atoms with van der Waals surface area (Å²) in [5.41, 5.74) is 0.523. The third-order valence-corrected chi connectivity index (χ3v) is 5.35. The second kappa shape index (κ2) is 7.29. The van der Waals surface area contributed by atoms with Gasteiger partial charge in [-0.05, 0) is 43.2 Å². The number of sulfone groups is 1. The van der Waals surface area contributed by atoms with Gasteiger partial charge in [-0.2, -0.15) is 0 Å². The maximum Gasteiger partial charge on any atom is 0.313 e. The number of rotatable bonds is 6. The molecule has 0 aliphatic carbocycles. The van der Waals surface area contributed by atoms with E-state index in [1.807, 2.05) is 0 Å². The highest BCUT2D eigenvalue weighted by atomic mass is 32.2. The van der Waals surface area contributed by atoms with E-state index in [4.69, 9.17) is 0 Å². The molecule has 138 valence electrons. The summed E-state index contributed by atoms with van der Waals surface area (Å²) < 4.78 is 23.6. The molecule has 0 bridgehead atoms. The van der Waals surface area contributed by atoms with Crippen molar-refractivity contribution in [3.63, 3.8) is 0 Å². The Morgan fingerprint density at radius 2 is 1.62 bits per heavy atom. The van der Waals surface area contributed by atoms with Gasteiger partial charge in [-0.1, -0.05) is 30.3 Å². The fourth-order valence-electron chi connectivity index (χ4n) is 2.48. The van der Waals surface area contributed by atoms with E-state index >= 15 is 0 Å². The predicted octanol–water partition coefficient (Wildman–Crippen LogP) is 2.63. The largest absolute Gasteiger partial charge is 0.481 e. The number of carbonyl (C=O) groups excluding carboxylic acids is 1. The average Bonchev–Trinajstić information content (AvgIpc) is 2.54. The van der Waals surface area contributed by atoms with Crippen LogP contribution in [0.4, 0.5) is 5.69 Å². The Morgan fingerprint density at radius 1 is 1.04 bits per heavy atom. The minimum atomic E-state index is -3.42. The highest BCUT2D eigenvalue weighted by Crippen LogP contribution is 2.25. The predicted molar refractivity (Wildman–Crippen MR) is 99.0 cm³/mol. The van der Waals surface area contributed by atoms with Gasteiger partial charge >= 0.3 is 5.97 Å². The van der Waals surface area contributed by atoms with Crippen molar-refractivity contribution in [3.8, 4) is 0 Å². The second-order valence-corrected chi connectivity index (χ2v) is 8.60. The summed E-state index contributed by atoms with van der Waals surface area (Å²) in [7, 11) is -3.42. The van der Waals surface area contributed by atoms with Crippen molar-refractivity contribution in [1.29, 1.82) is 0 Å². The van der Waals surface area contributed by atoms with Crippen LogP contribution in [0.2, 0.25) is 0 Å². The summed E-state index contributed by atoms with van der Waals surface area (Å²) in [6.07, 6.45) is 1.03. The van der Waals surface area contributed by atoms with Crippen LogP contribution in [0.3, 0.4) is 0 Å². The lowest BCUT2D eigenvalue weighted by molar-refractivity contribution is -0.142. The van der Waals surface area contributed by atoms with Crippen LogP contribution in [0.15, 0.2) is 53.4 Å². The first-order valence-electron chi connectivity index (χ1n) is 7.93. The average molecular weight is 375 g/mol. The molecule has 0 fully saturated rings. The standard InChI is InChI=1S/C19H21NO5S/c1-19(2,18(22)23)14-8-10-15(11-9-14)20-17(21)12-13-6-4-5-7-16(13)26(3,24)25/h4-11H,12H2,1-3H3,(H,20,21)(H,22,23). The molecule has 2 rings (SSSR count). The van der Waals surface area contributed by atoms with Crippen LogP contribution in [-0.4, -0.2) is 31.7 Å². The van der Waals surface area contributed by atoms with E-state index in [1.54, 1.807) is 56.3 Å². The Bertz CT molecular complexity index is 931. The Hall–Kier alpha value is -2.67. The first-order valence-corrected chi connectivity index (χ1v) is 9.82. The maximum absolute atomic E-state index is 12.3. The van der Waals surface area contributed by atoms with E-state index in [0.717, 1.165) is 6.26 Å². The van der Waals surface area contributed by atoms with Crippen LogP contribution < -0.4 is 5.32 Å². The first kappa shape index (κ1) is 19.7. The number of amides is 1. The highest BCUT2D eigenvalue weighted by molar-refractivity contribution is 7.90. The van der Waals surface area contributed by atoms with Gasteiger partial charge in [0.05, 0.1) is 16.7 Å². The van der Waals surface area contributed by atoms with Gasteiger partial charge in [0.1, 0.15) is 0 Å². The number of hydrogen-bond donors (Lipinski definition) is 2. The third-order valence-electron chi connectivity index (χ3n) is 4.15. The molecular weight excluding hydrogens is 354 g/mol. The zero-order chi connectivity index (χ0) is 19.5. The van der Waals surface area contributed by atoms with Crippen LogP contribution in [0.25, 0.3) is 0 Å². The molecule has 0 saturated heterocycles. The SMILES string of the molecule is CC(C)(C(=O)O)c1ccc(NC(=O)Cc2ccccc2S(C)(=O)=O)cc1. The normalized spacial score (nSPS) is 11.8. The van der Waals surface area contributed by atoms with Crippen LogP contribution in [-0.2, 0) is 31.3 Å². The van der Waals surface area contributed by atoms with Crippen molar-refractivity contribution in [3.05, 3.63) is 59.7 Å². The molecule has 2 N–H and O–H groups in total. The Kier molecular flexibility index (Phi) is 5.51. The third kappa shape index (κ3) is 4.49. The van der Waals surface area contributed by atoms with E-state index in [0.29, 0.717) is 16.8 Å². The molecule has 6 nitrogen and oxygen atoms in total. The molecule has 0 spiro atoms. The number of aliphatic carboxylic acids is 1. The Labute approximate surface area is 152 Å². The van der Waals surface area contributed by atoms with Crippen LogP contribution >= 0.6 is 0 Å². The van der Waals surface area contributed by atoms with Gasteiger partial charge in [0.25, 0.3) is 0 Å². The monoisotopic (exact) mass is 375 g/mol. The van der Waals surface area contributed by atoms with Crippen molar-refractivity contribution >= 4 is 27.4 Å². The minimum absolute atomic E-state index is 0.0778. The molecule has 0 heterocycles. The Morgan fingerprint density at radius 3 is 2.15 bits per heavy atom. The number of anilines is 1. The van der Waals surface area contributed by atoms with Gasteiger partial charge in [0.15, 0.2) is 9.84 Å². The summed E-state index contributed by atoms with van der Waals surface area (Å²) >= 11 is 0. The topological polar surface area (TPSA) is 101 Å². The minimum Gasteiger partial charge on any atom is -0.481 e. The molecule has 0 aliphatic rings. The van der Waals surface area contributed by atoms with Crippen molar-refractivity contribution in [2.75, 3.05) is 11.6 Å². The lowest BCUT2D eigenvalue weighted by atomic mass is 9.85. The van der Waals surface area contributed by atoms with Gasteiger partial charge in [0.2, 0.25) is 5.91 Å². The lowest BCUT2D eigenvalue weighted by Gasteiger charge is -2.20. The van der Waals surface area contributed by atoms with Gasteiger partial charge in [-0.3, -0.25) is 9.59 Å². The smallest absolute Gasteiger partial charge is 0.313 e. The zero-order valence-corrected chi connectivity index (χ0v) is 15.6. The second-order valence-electron chi connectivity index (χ2n) is 6.61. The molecule has 0 aromatic heterocycles. The van der Waals surface area contributed by atoms with E-state index in [1.165, 1.54) is 6.07 Å². The molecule has 7 heteroatoms. The number of benzene rings is 2.